The first-order valence-electron chi connectivity index (χ1n) is 7.54. The summed E-state index contributed by atoms with van der Waals surface area (Å²) in [6.45, 7) is 2.58. The Morgan fingerprint density at radius 2 is 1.90 bits per heavy atom. The van der Waals surface area contributed by atoms with Crippen molar-refractivity contribution in [2.24, 2.45) is 11.1 Å². The summed E-state index contributed by atoms with van der Waals surface area (Å²) in [5, 5.41) is 8.54. The second-order valence-electron chi connectivity index (χ2n) is 5.96. The molecule has 0 spiro atoms. The Morgan fingerprint density at radius 1 is 1.24 bits per heavy atom. The number of nitrogen functional groups attached to an aromatic ring is 1. The molecule has 5 nitrogen and oxygen atoms in total. The minimum atomic E-state index is -3.74. The average molecular weight is 311 g/mol. The van der Waals surface area contributed by atoms with Gasteiger partial charge in [-0.3, -0.25) is 0 Å². The summed E-state index contributed by atoms with van der Waals surface area (Å²) in [5.74, 6) is 0.783. The van der Waals surface area contributed by atoms with Crippen LogP contribution in [0.2, 0.25) is 0 Å². The van der Waals surface area contributed by atoms with Crippen LogP contribution in [-0.4, -0.2) is 15.0 Å². The number of rotatable bonds is 5. The van der Waals surface area contributed by atoms with E-state index in [1.807, 2.05) is 0 Å². The number of sulfonamides is 1. The smallest absolute Gasteiger partial charge is 0.238 e. The fourth-order valence-corrected chi connectivity index (χ4v) is 3.91. The Hall–Kier alpha value is -1.27. The molecule has 0 bridgehead atoms. The van der Waals surface area contributed by atoms with Gasteiger partial charge in [-0.25, -0.2) is 13.6 Å². The summed E-state index contributed by atoms with van der Waals surface area (Å²) in [6.07, 6.45) is 7.74. The molecule has 1 aromatic rings. The van der Waals surface area contributed by atoms with Gasteiger partial charge in [0.2, 0.25) is 10.0 Å². The van der Waals surface area contributed by atoms with Gasteiger partial charge < -0.3 is 11.1 Å². The van der Waals surface area contributed by atoms with Crippen LogP contribution in [0, 0.1) is 12.8 Å². The predicted octanol–water partition coefficient (Wildman–Crippen LogP) is 2.61. The molecule has 21 heavy (non-hydrogen) atoms. The predicted molar refractivity (Wildman–Crippen MR) is 86.6 cm³/mol. The van der Waals surface area contributed by atoms with E-state index >= 15 is 0 Å². The molecule has 0 amide bonds. The third-order valence-corrected chi connectivity index (χ3v) is 5.32. The zero-order valence-corrected chi connectivity index (χ0v) is 13.4. The van der Waals surface area contributed by atoms with Gasteiger partial charge in [-0.15, -0.1) is 0 Å². The molecular formula is C15H25N3O2S. The van der Waals surface area contributed by atoms with E-state index in [0.717, 1.165) is 24.6 Å². The molecular weight excluding hydrogens is 286 g/mol. The van der Waals surface area contributed by atoms with Crippen molar-refractivity contribution in [1.82, 2.24) is 0 Å². The molecule has 0 heterocycles. The van der Waals surface area contributed by atoms with Crippen molar-refractivity contribution in [3.8, 4) is 0 Å². The zero-order chi connectivity index (χ0) is 15.5. The van der Waals surface area contributed by atoms with Crippen molar-refractivity contribution in [2.45, 2.75) is 50.3 Å². The van der Waals surface area contributed by atoms with Gasteiger partial charge in [0.05, 0.1) is 4.90 Å². The first kappa shape index (κ1) is 16.1. The summed E-state index contributed by atoms with van der Waals surface area (Å²) in [5.41, 5.74) is 7.58. The van der Waals surface area contributed by atoms with Gasteiger partial charge in [-0.05, 0) is 37.0 Å². The summed E-state index contributed by atoms with van der Waals surface area (Å²) in [7, 11) is -3.74. The van der Waals surface area contributed by atoms with Crippen LogP contribution in [0.3, 0.4) is 0 Å². The van der Waals surface area contributed by atoms with Crippen LogP contribution in [0.15, 0.2) is 17.0 Å². The number of hydrogen-bond acceptors (Lipinski definition) is 4. The molecule has 0 atom stereocenters. The number of hydrogen-bond donors (Lipinski definition) is 3. The van der Waals surface area contributed by atoms with Crippen molar-refractivity contribution < 1.29 is 8.42 Å². The summed E-state index contributed by atoms with van der Waals surface area (Å²) in [4.78, 5) is 0.0997. The van der Waals surface area contributed by atoms with E-state index in [2.05, 4.69) is 5.32 Å². The molecule has 0 radical (unpaired) electrons. The SMILES string of the molecule is Cc1c(NCCC2CCCCC2)cc(N)cc1S(N)(=O)=O. The van der Waals surface area contributed by atoms with E-state index in [0.29, 0.717) is 11.3 Å². The largest absolute Gasteiger partial charge is 0.399 e. The highest BCUT2D eigenvalue weighted by Crippen LogP contribution is 2.28. The molecule has 6 heteroatoms. The van der Waals surface area contributed by atoms with Crippen LogP contribution in [0.1, 0.15) is 44.1 Å². The Morgan fingerprint density at radius 3 is 2.52 bits per heavy atom. The fraction of sp³-hybridized carbons (Fsp3) is 0.600. The van der Waals surface area contributed by atoms with E-state index < -0.39 is 10.0 Å². The highest BCUT2D eigenvalue weighted by Gasteiger charge is 2.16. The van der Waals surface area contributed by atoms with Gasteiger partial charge in [-0.2, -0.15) is 0 Å². The summed E-state index contributed by atoms with van der Waals surface area (Å²) in [6, 6.07) is 3.18. The normalized spacial score (nSPS) is 16.9. The number of primary sulfonamides is 1. The highest BCUT2D eigenvalue weighted by atomic mass is 32.2. The van der Waals surface area contributed by atoms with Crippen LogP contribution in [-0.2, 0) is 10.0 Å². The second kappa shape index (κ2) is 6.66. The monoisotopic (exact) mass is 311 g/mol. The van der Waals surface area contributed by atoms with Crippen LogP contribution in [0.5, 0.6) is 0 Å². The average Bonchev–Trinajstić information content (AvgIpc) is 2.42. The van der Waals surface area contributed by atoms with Gasteiger partial charge in [0.25, 0.3) is 0 Å². The lowest BCUT2D eigenvalue weighted by molar-refractivity contribution is 0.345. The van der Waals surface area contributed by atoms with E-state index in [-0.39, 0.29) is 4.90 Å². The standard InChI is InChI=1S/C15H25N3O2S/c1-11-14(9-13(16)10-15(11)21(17,19)20)18-8-7-12-5-3-2-4-6-12/h9-10,12,18H,2-8,16H2,1H3,(H2,17,19,20). The Labute approximate surface area is 127 Å². The highest BCUT2D eigenvalue weighted by molar-refractivity contribution is 7.89. The van der Waals surface area contributed by atoms with Crippen LogP contribution in [0.25, 0.3) is 0 Å². The molecule has 118 valence electrons. The van der Waals surface area contributed by atoms with Crippen LogP contribution in [0.4, 0.5) is 11.4 Å². The lowest BCUT2D eigenvalue weighted by Gasteiger charge is -2.22. The lowest BCUT2D eigenvalue weighted by atomic mass is 9.87. The van der Waals surface area contributed by atoms with Crippen molar-refractivity contribution in [2.75, 3.05) is 17.6 Å². The van der Waals surface area contributed by atoms with E-state index in [9.17, 15) is 8.42 Å². The zero-order valence-electron chi connectivity index (χ0n) is 12.6. The number of nitrogens with one attached hydrogen (secondary N) is 1. The molecule has 5 N–H and O–H groups in total. The second-order valence-corrected chi connectivity index (χ2v) is 7.49. The van der Waals surface area contributed by atoms with Crippen LogP contribution < -0.4 is 16.2 Å². The fourth-order valence-electron chi connectivity index (χ4n) is 3.07. The van der Waals surface area contributed by atoms with Crippen molar-refractivity contribution >= 4 is 21.4 Å². The molecule has 1 aliphatic rings. The molecule has 1 aliphatic carbocycles. The van der Waals surface area contributed by atoms with Gasteiger partial charge >= 0.3 is 0 Å². The number of nitrogens with two attached hydrogens (primary N) is 2. The Kier molecular flexibility index (Phi) is 5.11. The van der Waals surface area contributed by atoms with Crippen molar-refractivity contribution in [1.29, 1.82) is 0 Å². The first-order valence-corrected chi connectivity index (χ1v) is 9.09. The number of anilines is 2. The van der Waals surface area contributed by atoms with Gasteiger partial charge in [0.15, 0.2) is 0 Å². The molecule has 0 aromatic heterocycles. The molecule has 1 aromatic carbocycles. The Balaban J connectivity index is 2.04. The molecule has 0 saturated heterocycles. The molecule has 0 aliphatic heterocycles. The van der Waals surface area contributed by atoms with Gasteiger partial charge in [0, 0.05) is 17.9 Å². The maximum Gasteiger partial charge on any atom is 0.238 e. The third kappa shape index (κ3) is 4.35. The summed E-state index contributed by atoms with van der Waals surface area (Å²) < 4.78 is 23.1. The van der Waals surface area contributed by atoms with Crippen LogP contribution >= 0.6 is 0 Å². The number of benzene rings is 1. The first-order chi connectivity index (χ1) is 9.88. The Bertz CT molecular complexity index is 593. The summed E-state index contributed by atoms with van der Waals surface area (Å²) >= 11 is 0. The molecule has 0 unspecified atom stereocenters. The minimum Gasteiger partial charge on any atom is -0.399 e. The van der Waals surface area contributed by atoms with E-state index in [1.54, 1.807) is 13.0 Å². The quantitative estimate of drug-likeness (QED) is 0.728. The van der Waals surface area contributed by atoms with Gasteiger partial charge in [0.1, 0.15) is 0 Å². The molecule has 1 fully saturated rings. The third-order valence-electron chi connectivity index (χ3n) is 4.28. The maximum absolute atomic E-state index is 11.6. The van der Waals surface area contributed by atoms with E-state index in [1.165, 1.54) is 38.2 Å². The van der Waals surface area contributed by atoms with Crippen molar-refractivity contribution in [3.63, 3.8) is 0 Å². The molecule has 2 rings (SSSR count). The lowest BCUT2D eigenvalue weighted by Crippen LogP contribution is -2.16. The van der Waals surface area contributed by atoms with Crippen molar-refractivity contribution in [3.05, 3.63) is 17.7 Å². The maximum atomic E-state index is 11.6. The van der Waals surface area contributed by atoms with E-state index in [4.69, 9.17) is 10.9 Å². The molecule has 1 saturated carbocycles. The van der Waals surface area contributed by atoms with Gasteiger partial charge in [-0.1, -0.05) is 32.1 Å². The minimum absolute atomic E-state index is 0.0997. The topological polar surface area (TPSA) is 98.2 Å².